The summed E-state index contributed by atoms with van der Waals surface area (Å²) >= 11 is 0. The number of fused-ring (bicyclic) bond motifs is 1. The van der Waals surface area contributed by atoms with E-state index in [0.717, 1.165) is 16.4 Å². The molecule has 0 spiro atoms. The first-order chi connectivity index (χ1) is 9.91. The molecule has 0 fully saturated rings. The van der Waals surface area contributed by atoms with Crippen LogP contribution >= 0.6 is 0 Å². The summed E-state index contributed by atoms with van der Waals surface area (Å²) < 4.78 is 55.0. The van der Waals surface area contributed by atoms with Crippen molar-refractivity contribution in [1.29, 1.82) is 0 Å². The molecule has 1 aromatic carbocycles. The van der Waals surface area contributed by atoms with Crippen LogP contribution in [-0.4, -0.2) is 28.8 Å². The average Bonchev–Trinajstić information content (AvgIpc) is 2.92. The summed E-state index contributed by atoms with van der Waals surface area (Å²) in [5.41, 5.74) is 4.42. The van der Waals surface area contributed by atoms with E-state index in [0.29, 0.717) is 12.4 Å². The molecule has 9 heteroatoms. The zero-order chi connectivity index (χ0) is 15.2. The number of imidazole rings is 1. The van der Waals surface area contributed by atoms with Crippen molar-refractivity contribution in [3.8, 4) is 0 Å². The standard InChI is InChI=1S/C12H12F2N4O2S/c13-8-1-2-9(11(14)12(8)15)21(19,20)18-6-5-17-4-3-16-10(17)7-18/h1-4H,5-7,15H2. The minimum Gasteiger partial charge on any atom is -0.394 e. The molecule has 112 valence electrons. The van der Waals surface area contributed by atoms with Crippen LogP contribution in [0.2, 0.25) is 0 Å². The Morgan fingerprint density at radius 1 is 1.24 bits per heavy atom. The molecule has 1 aliphatic heterocycles. The summed E-state index contributed by atoms with van der Waals surface area (Å²) in [6.07, 6.45) is 3.32. The van der Waals surface area contributed by atoms with E-state index in [1.54, 1.807) is 12.4 Å². The van der Waals surface area contributed by atoms with Crippen molar-refractivity contribution in [2.45, 2.75) is 18.0 Å². The number of nitrogen functional groups attached to an aromatic ring is 1. The Hall–Kier alpha value is -2.00. The molecule has 1 aromatic heterocycles. The van der Waals surface area contributed by atoms with E-state index >= 15 is 0 Å². The molecule has 0 unspecified atom stereocenters. The van der Waals surface area contributed by atoms with Crippen molar-refractivity contribution in [2.24, 2.45) is 0 Å². The van der Waals surface area contributed by atoms with Gasteiger partial charge >= 0.3 is 0 Å². The number of hydrogen-bond acceptors (Lipinski definition) is 4. The maximum Gasteiger partial charge on any atom is 0.246 e. The minimum absolute atomic E-state index is 0.0338. The topological polar surface area (TPSA) is 81.2 Å². The number of hydrogen-bond donors (Lipinski definition) is 1. The van der Waals surface area contributed by atoms with Gasteiger partial charge in [0, 0.05) is 25.5 Å². The van der Waals surface area contributed by atoms with Crippen LogP contribution < -0.4 is 5.73 Å². The molecule has 3 rings (SSSR count). The number of nitrogens with two attached hydrogens (primary N) is 1. The molecule has 2 N–H and O–H groups in total. The molecule has 0 radical (unpaired) electrons. The molecule has 0 aliphatic carbocycles. The van der Waals surface area contributed by atoms with E-state index in [1.165, 1.54) is 0 Å². The third-order valence-electron chi connectivity index (χ3n) is 3.42. The van der Waals surface area contributed by atoms with Gasteiger partial charge in [0.2, 0.25) is 10.0 Å². The van der Waals surface area contributed by atoms with Gasteiger partial charge in [-0.05, 0) is 12.1 Å². The first kappa shape index (κ1) is 14.0. The monoisotopic (exact) mass is 314 g/mol. The number of nitrogens with zero attached hydrogens (tertiary/aromatic N) is 3. The third kappa shape index (κ3) is 2.18. The minimum atomic E-state index is -4.09. The van der Waals surface area contributed by atoms with Crippen molar-refractivity contribution in [3.63, 3.8) is 0 Å². The second-order valence-electron chi connectivity index (χ2n) is 4.65. The van der Waals surface area contributed by atoms with Crippen LogP contribution in [0.5, 0.6) is 0 Å². The van der Waals surface area contributed by atoms with Gasteiger partial charge in [0.25, 0.3) is 0 Å². The van der Waals surface area contributed by atoms with Crippen molar-refractivity contribution < 1.29 is 17.2 Å². The lowest BCUT2D eigenvalue weighted by molar-refractivity contribution is 0.334. The van der Waals surface area contributed by atoms with Crippen molar-refractivity contribution in [3.05, 3.63) is 42.0 Å². The van der Waals surface area contributed by atoms with Gasteiger partial charge < -0.3 is 10.3 Å². The fraction of sp³-hybridized carbons (Fsp3) is 0.250. The molecule has 2 heterocycles. The third-order valence-corrected chi connectivity index (χ3v) is 5.28. The van der Waals surface area contributed by atoms with Gasteiger partial charge in [-0.3, -0.25) is 0 Å². The predicted molar refractivity (Wildman–Crippen MR) is 70.6 cm³/mol. The maximum absolute atomic E-state index is 14.0. The van der Waals surface area contributed by atoms with E-state index in [1.807, 2.05) is 4.57 Å². The van der Waals surface area contributed by atoms with Crippen LogP contribution in [0.3, 0.4) is 0 Å². The van der Waals surface area contributed by atoms with Crippen molar-refractivity contribution in [2.75, 3.05) is 12.3 Å². The highest BCUT2D eigenvalue weighted by Gasteiger charge is 2.32. The number of benzene rings is 1. The van der Waals surface area contributed by atoms with Crippen LogP contribution in [0.25, 0.3) is 0 Å². The summed E-state index contributed by atoms with van der Waals surface area (Å²) in [6, 6.07) is 1.73. The molecule has 21 heavy (non-hydrogen) atoms. The number of halogens is 2. The lowest BCUT2D eigenvalue weighted by Crippen LogP contribution is -2.38. The van der Waals surface area contributed by atoms with Crippen LogP contribution in [0.1, 0.15) is 5.82 Å². The zero-order valence-electron chi connectivity index (χ0n) is 10.8. The van der Waals surface area contributed by atoms with E-state index < -0.39 is 32.2 Å². The van der Waals surface area contributed by atoms with Gasteiger partial charge in [-0.2, -0.15) is 4.31 Å². The number of aromatic nitrogens is 2. The van der Waals surface area contributed by atoms with Crippen LogP contribution in [0, 0.1) is 11.6 Å². The molecule has 0 amide bonds. The lowest BCUT2D eigenvalue weighted by Gasteiger charge is -2.27. The van der Waals surface area contributed by atoms with E-state index in [4.69, 9.17) is 5.73 Å². The normalized spacial score (nSPS) is 15.9. The van der Waals surface area contributed by atoms with Gasteiger partial charge in [0.15, 0.2) is 5.82 Å². The Bertz CT molecular complexity index is 804. The SMILES string of the molecule is Nc1c(F)ccc(S(=O)(=O)N2CCn3ccnc3C2)c1F. The first-order valence-corrected chi connectivity index (χ1v) is 7.59. The molecular weight excluding hydrogens is 302 g/mol. The Balaban J connectivity index is 2.01. The summed E-state index contributed by atoms with van der Waals surface area (Å²) in [5, 5.41) is 0. The van der Waals surface area contributed by atoms with Gasteiger partial charge in [-0.25, -0.2) is 22.2 Å². The zero-order valence-corrected chi connectivity index (χ0v) is 11.6. The Labute approximate surface area is 119 Å². The van der Waals surface area contributed by atoms with E-state index in [9.17, 15) is 17.2 Å². The van der Waals surface area contributed by atoms with Crippen LogP contribution in [0.15, 0.2) is 29.4 Å². The van der Waals surface area contributed by atoms with Gasteiger partial charge in [-0.1, -0.05) is 0 Å². The number of sulfonamides is 1. The van der Waals surface area contributed by atoms with Gasteiger partial charge in [-0.15, -0.1) is 0 Å². The molecule has 0 saturated heterocycles. The predicted octanol–water partition coefficient (Wildman–Crippen LogP) is 0.948. The molecule has 0 saturated carbocycles. The quantitative estimate of drug-likeness (QED) is 0.837. The highest BCUT2D eigenvalue weighted by atomic mass is 32.2. The summed E-state index contributed by atoms with van der Waals surface area (Å²) in [7, 11) is -4.09. The van der Waals surface area contributed by atoms with Gasteiger partial charge in [0.1, 0.15) is 22.2 Å². The van der Waals surface area contributed by atoms with Crippen LogP contribution in [-0.2, 0) is 23.1 Å². The highest BCUT2D eigenvalue weighted by molar-refractivity contribution is 7.89. The Morgan fingerprint density at radius 2 is 2.00 bits per heavy atom. The van der Waals surface area contributed by atoms with E-state index in [-0.39, 0.29) is 13.1 Å². The van der Waals surface area contributed by atoms with Crippen molar-refractivity contribution in [1.82, 2.24) is 13.9 Å². The molecule has 6 nitrogen and oxygen atoms in total. The Morgan fingerprint density at radius 3 is 2.76 bits per heavy atom. The van der Waals surface area contributed by atoms with Crippen LogP contribution in [0.4, 0.5) is 14.5 Å². The second-order valence-corrected chi connectivity index (χ2v) is 6.55. The molecule has 0 bridgehead atoms. The fourth-order valence-corrected chi connectivity index (χ4v) is 3.71. The average molecular weight is 314 g/mol. The molecule has 2 aromatic rings. The fourth-order valence-electron chi connectivity index (χ4n) is 2.24. The summed E-state index contributed by atoms with van der Waals surface area (Å²) in [6.45, 7) is 0.640. The number of rotatable bonds is 2. The largest absolute Gasteiger partial charge is 0.394 e. The van der Waals surface area contributed by atoms with E-state index in [2.05, 4.69) is 4.98 Å². The first-order valence-electron chi connectivity index (χ1n) is 6.15. The van der Waals surface area contributed by atoms with Gasteiger partial charge in [0.05, 0.1) is 6.54 Å². The smallest absolute Gasteiger partial charge is 0.246 e. The molecule has 0 atom stereocenters. The van der Waals surface area contributed by atoms with Crippen molar-refractivity contribution >= 4 is 15.7 Å². The second kappa shape index (κ2) is 4.78. The summed E-state index contributed by atoms with van der Waals surface area (Å²) in [5.74, 6) is -1.68. The maximum atomic E-state index is 14.0. The summed E-state index contributed by atoms with van der Waals surface area (Å²) in [4.78, 5) is 3.42. The molecule has 1 aliphatic rings. The Kier molecular flexibility index (Phi) is 3.18. The highest BCUT2D eigenvalue weighted by Crippen LogP contribution is 2.27. The lowest BCUT2D eigenvalue weighted by atomic mass is 10.3. The number of anilines is 1. The molecular formula is C12H12F2N4O2S.